The molecule has 1 aliphatic rings. The van der Waals surface area contributed by atoms with E-state index in [0.29, 0.717) is 17.9 Å². The third-order valence-electron chi connectivity index (χ3n) is 4.50. The van der Waals surface area contributed by atoms with E-state index in [9.17, 15) is 9.59 Å². The highest BCUT2D eigenvalue weighted by atomic mass is 35.5. The Morgan fingerprint density at radius 1 is 1.23 bits per heavy atom. The predicted molar refractivity (Wildman–Crippen MR) is 104 cm³/mol. The second kappa shape index (κ2) is 7.87. The number of nitrogens with zero attached hydrogens (tertiary/aromatic N) is 2. The fourth-order valence-corrected chi connectivity index (χ4v) is 3.19. The van der Waals surface area contributed by atoms with Gasteiger partial charge in [0.1, 0.15) is 5.78 Å². The van der Waals surface area contributed by atoms with Gasteiger partial charge in [-0.2, -0.15) is 0 Å². The van der Waals surface area contributed by atoms with Crippen LogP contribution in [0.3, 0.4) is 0 Å². The van der Waals surface area contributed by atoms with Crippen LogP contribution in [-0.4, -0.2) is 23.3 Å². The van der Waals surface area contributed by atoms with Crippen LogP contribution in [0.5, 0.6) is 0 Å². The number of aromatic nitrogens is 1. The minimum atomic E-state index is -0.230. The van der Waals surface area contributed by atoms with Gasteiger partial charge in [-0.05, 0) is 36.6 Å². The first-order valence-corrected chi connectivity index (χ1v) is 9.18. The molecule has 26 heavy (non-hydrogen) atoms. The molecule has 1 aliphatic heterocycles. The summed E-state index contributed by atoms with van der Waals surface area (Å²) in [6, 6.07) is 11.1. The number of rotatable bonds is 4. The molecule has 0 bridgehead atoms. The number of hydrogen-bond acceptors (Lipinski definition) is 3. The number of para-hydroxylation sites is 1. The maximum Gasteiger partial charge on any atom is 0.326 e. The fourth-order valence-electron chi connectivity index (χ4n) is 2.97. The second-order valence-corrected chi connectivity index (χ2v) is 7.11. The van der Waals surface area contributed by atoms with Crippen LogP contribution in [0, 0.1) is 5.92 Å². The molecule has 6 heteroatoms. The van der Waals surface area contributed by atoms with Crippen LogP contribution in [0.4, 0.5) is 16.2 Å². The number of fused-ring (bicyclic) bond motifs is 1. The van der Waals surface area contributed by atoms with Crippen LogP contribution in [0.2, 0.25) is 5.15 Å². The summed E-state index contributed by atoms with van der Waals surface area (Å²) in [5, 5.41) is 3.02. The van der Waals surface area contributed by atoms with Crippen LogP contribution in [0.25, 0.3) is 0 Å². The summed E-state index contributed by atoms with van der Waals surface area (Å²) >= 11 is 6.22. The summed E-state index contributed by atoms with van der Waals surface area (Å²) in [6.07, 6.45) is 2.14. The van der Waals surface area contributed by atoms with Crippen molar-refractivity contribution in [1.29, 1.82) is 0 Å². The number of carbonyl (C=O) groups excluding carboxylic acids is 2. The zero-order valence-electron chi connectivity index (χ0n) is 15.0. The lowest BCUT2D eigenvalue weighted by Gasteiger charge is -2.29. The summed E-state index contributed by atoms with van der Waals surface area (Å²) in [5.74, 6) is 0.0596. The normalized spacial score (nSPS) is 13.5. The third-order valence-corrected chi connectivity index (χ3v) is 4.79. The van der Waals surface area contributed by atoms with E-state index >= 15 is 0 Å². The van der Waals surface area contributed by atoms with Gasteiger partial charge in [-0.15, -0.1) is 0 Å². The Bertz CT molecular complexity index is 836. The minimum absolute atomic E-state index is 0.0471. The van der Waals surface area contributed by atoms with Crippen LogP contribution in [0.1, 0.15) is 31.5 Å². The van der Waals surface area contributed by atoms with Gasteiger partial charge in [0.05, 0.1) is 5.69 Å². The Kier molecular flexibility index (Phi) is 5.57. The number of urea groups is 1. The van der Waals surface area contributed by atoms with Crippen LogP contribution in [-0.2, 0) is 17.6 Å². The summed E-state index contributed by atoms with van der Waals surface area (Å²) < 4.78 is 0. The smallest absolute Gasteiger partial charge is 0.305 e. The summed E-state index contributed by atoms with van der Waals surface area (Å²) in [4.78, 5) is 30.5. The molecule has 2 amide bonds. The molecule has 5 nitrogen and oxygen atoms in total. The number of amides is 2. The molecule has 0 saturated heterocycles. The summed E-state index contributed by atoms with van der Waals surface area (Å²) in [6.45, 7) is 4.37. The predicted octanol–water partition coefficient (Wildman–Crippen LogP) is 4.49. The largest absolute Gasteiger partial charge is 0.326 e. The second-order valence-electron chi connectivity index (χ2n) is 6.75. The number of aryl methyl sites for hydroxylation is 1. The fraction of sp³-hybridized carbons (Fsp3) is 0.350. The minimum Gasteiger partial charge on any atom is -0.305 e. The highest BCUT2D eigenvalue weighted by molar-refractivity contribution is 6.32. The van der Waals surface area contributed by atoms with E-state index in [-0.39, 0.29) is 29.3 Å². The van der Waals surface area contributed by atoms with E-state index in [2.05, 4.69) is 10.3 Å². The van der Waals surface area contributed by atoms with E-state index in [4.69, 9.17) is 11.6 Å². The van der Waals surface area contributed by atoms with Gasteiger partial charge in [-0.3, -0.25) is 9.69 Å². The van der Waals surface area contributed by atoms with Gasteiger partial charge in [0, 0.05) is 30.3 Å². The number of Topliss-reactive ketones (excluding diaryl/α,β-unsaturated/α-hetero) is 1. The number of anilines is 2. The van der Waals surface area contributed by atoms with Crippen molar-refractivity contribution >= 4 is 34.8 Å². The summed E-state index contributed by atoms with van der Waals surface area (Å²) in [5.41, 5.74) is 3.15. The van der Waals surface area contributed by atoms with Crippen molar-refractivity contribution in [3.63, 3.8) is 0 Å². The molecule has 1 aromatic heterocycles. The molecular formula is C20H22ClN3O2. The van der Waals surface area contributed by atoms with Crippen molar-refractivity contribution in [3.8, 4) is 0 Å². The SMILES string of the molecule is CC(C)C(=O)Cc1ccc(NC(=O)N2CCCc3ccccc32)c(Cl)n1. The topological polar surface area (TPSA) is 62.3 Å². The number of hydrogen-bond donors (Lipinski definition) is 1. The average molecular weight is 372 g/mol. The maximum absolute atomic E-state index is 12.7. The average Bonchev–Trinajstić information content (AvgIpc) is 2.63. The lowest BCUT2D eigenvalue weighted by Crippen LogP contribution is -2.38. The molecule has 0 spiro atoms. The van der Waals surface area contributed by atoms with E-state index in [0.717, 1.165) is 18.5 Å². The third kappa shape index (κ3) is 4.05. The molecule has 0 radical (unpaired) electrons. The van der Waals surface area contributed by atoms with Crippen molar-refractivity contribution in [3.05, 3.63) is 52.8 Å². The molecule has 3 rings (SSSR count). The number of halogens is 1. The first-order valence-electron chi connectivity index (χ1n) is 8.80. The molecule has 2 aromatic rings. The van der Waals surface area contributed by atoms with Crippen molar-refractivity contribution < 1.29 is 9.59 Å². The zero-order chi connectivity index (χ0) is 18.7. The zero-order valence-corrected chi connectivity index (χ0v) is 15.7. The van der Waals surface area contributed by atoms with Crippen molar-refractivity contribution in [1.82, 2.24) is 4.98 Å². The van der Waals surface area contributed by atoms with Crippen molar-refractivity contribution in [2.24, 2.45) is 5.92 Å². The quantitative estimate of drug-likeness (QED) is 0.805. The van der Waals surface area contributed by atoms with Gasteiger partial charge >= 0.3 is 6.03 Å². The molecule has 0 atom stereocenters. The number of benzene rings is 1. The van der Waals surface area contributed by atoms with E-state index in [1.807, 2.05) is 38.1 Å². The van der Waals surface area contributed by atoms with Crippen molar-refractivity contribution in [2.75, 3.05) is 16.8 Å². The molecule has 0 fully saturated rings. The van der Waals surface area contributed by atoms with Gasteiger partial charge < -0.3 is 5.32 Å². The molecule has 2 heterocycles. The number of ketones is 1. The van der Waals surface area contributed by atoms with Crippen LogP contribution >= 0.6 is 11.6 Å². The van der Waals surface area contributed by atoms with Gasteiger partial charge in [-0.1, -0.05) is 43.6 Å². The first kappa shape index (κ1) is 18.4. The molecule has 136 valence electrons. The first-order chi connectivity index (χ1) is 12.5. The maximum atomic E-state index is 12.7. The van der Waals surface area contributed by atoms with Gasteiger partial charge in [0.15, 0.2) is 5.15 Å². The molecule has 1 N–H and O–H groups in total. The van der Waals surface area contributed by atoms with Gasteiger partial charge in [-0.25, -0.2) is 9.78 Å². The monoisotopic (exact) mass is 371 g/mol. The summed E-state index contributed by atoms with van der Waals surface area (Å²) in [7, 11) is 0. The lowest BCUT2D eigenvalue weighted by molar-refractivity contribution is -0.121. The van der Waals surface area contributed by atoms with Crippen LogP contribution in [0.15, 0.2) is 36.4 Å². The highest BCUT2D eigenvalue weighted by Crippen LogP contribution is 2.28. The van der Waals surface area contributed by atoms with Gasteiger partial charge in [0.2, 0.25) is 0 Å². The van der Waals surface area contributed by atoms with E-state index in [1.54, 1.807) is 17.0 Å². The molecule has 1 aromatic carbocycles. The van der Waals surface area contributed by atoms with E-state index < -0.39 is 0 Å². The number of pyridine rings is 1. The Labute approximate surface area is 158 Å². The highest BCUT2D eigenvalue weighted by Gasteiger charge is 2.23. The Morgan fingerprint density at radius 3 is 2.73 bits per heavy atom. The Balaban J connectivity index is 1.73. The molecule has 0 unspecified atom stereocenters. The molecule has 0 saturated carbocycles. The standard InChI is InChI=1S/C20H22ClN3O2/c1-13(2)18(25)12-15-9-10-16(19(21)22-15)23-20(26)24-11-5-7-14-6-3-4-8-17(14)24/h3-4,6,8-10,13H,5,7,11-12H2,1-2H3,(H,23,26). The Morgan fingerprint density at radius 2 is 2.00 bits per heavy atom. The number of nitrogens with one attached hydrogen (secondary N) is 1. The Hall–Kier alpha value is -2.40. The van der Waals surface area contributed by atoms with Crippen molar-refractivity contribution in [2.45, 2.75) is 33.1 Å². The van der Waals surface area contributed by atoms with Gasteiger partial charge in [0.25, 0.3) is 0 Å². The molecular weight excluding hydrogens is 350 g/mol. The van der Waals surface area contributed by atoms with Crippen LogP contribution < -0.4 is 10.2 Å². The number of carbonyl (C=O) groups is 2. The van der Waals surface area contributed by atoms with E-state index in [1.165, 1.54) is 5.56 Å². The lowest BCUT2D eigenvalue weighted by atomic mass is 10.0. The molecule has 0 aliphatic carbocycles.